The van der Waals surface area contributed by atoms with Gasteiger partial charge in [-0.3, -0.25) is 9.59 Å². The van der Waals surface area contributed by atoms with Crippen LogP contribution < -0.4 is 15.5 Å². The molecule has 2 N–H and O–H groups in total. The quantitative estimate of drug-likeness (QED) is 0.836. The summed E-state index contributed by atoms with van der Waals surface area (Å²) in [5, 5.41) is 5.38. The first-order chi connectivity index (χ1) is 12.1. The van der Waals surface area contributed by atoms with Crippen molar-refractivity contribution in [2.45, 2.75) is 16.6 Å². The molecule has 1 aliphatic heterocycles. The number of thioether (sulfide) groups is 1. The molecular weight excluding hydrogens is 334 g/mol. The second-order valence-corrected chi connectivity index (χ2v) is 7.15. The minimum atomic E-state index is -0.387. The lowest BCUT2D eigenvalue weighted by Crippen LogP contribution is -2.37. The molecule has 6 heteroatoms. The summed E-state index contributed by atoms with van der Waals surface area (Å²) in [4.78, 5) is 27.4. The molecule has 1 heterocycles. The van der Waals surface area contributed by atoms with Gasteiger partial charge in [0, 0.05) is 37.1 Å². The Hall–Kier alpha value is -2.47. The molecule has 2 amide bonds. The van der Waals surface area contributed by atoms with Crippen LogP contribution in [0.2, 0.25) is 0 Å². The van der Waals surface area contributed by atoms with Crippen LogP contribution in [0.25, 0.3) is 0 Å². The molecule has 3 rings (SSSR count). The number of nitrogens with one attached hydrogen (secondary N) is 2. The summed E-state index contributed by atoms with van der Waals surface area (Å²) >= 11 is 1.45. The number of hydrogen-bond acceptors (Lipinski definition) is 4. The van der Waals surface area contributed by atoms with E-state index in [9.17, 15) is 9.59 Å². The van der Waals surface area contributed by atoms with Crippen molar-refractivity contribution >= 4 is 35.0 Å². The van der Waals surface area contributed by atoms with Crippen molar-refractivity contribution in [1.29, 1.82) is 0 Å². The van der Waals surface area contributed by atoms with Crippen LogP contribution in [0.1, 0.15) is 6.42 Å². The van der Waals surface area contributed by atoms with Crippen LogP contribution >= 0.6 is 11.8 Å². The second kappa shape index (κ2) is 8.07. The van der Waals surface area contributed by atoms with Crippen molar-refractivity contribution in [2.24, 2.45) is 0 Å². The number of fused-ring (bicyclic) bond motifs is 1. The van der Waals surface area contributed by atoms with Gasteiger partial charge in [0.05, 0.1) is 10.9 Å². The summed E-state index contributed by atoms with van der Waals surface area (Å²) in [6.07, 6.45) is 0.180. The lowest BCUT2D eigenvalue weighted by molar-refractivity contribution is -0.124. The maximum Gasteiger partial charge on any atom is 0.238 e. The average Bonchev–Trinajstić information content (AvgIpc) is 2.63. The smallest absolute Gasteiger partial charge is 0.238 e. The SMILES string of the molecule is CN(CCNC(=O)CC1Sc2ccccc2NC1=O)c1ccccc1. The maximum absolute atomic E-state index is 12.2. The summed E-state index contributed by atoms with van der Waals surface area (Å²) in [6.45, 7) is 1.25. The van der Waals surface area contributed by atoms with E-state index in [0.29, 0.717) is 13.1 Å². The lowest BCUT2D eigenvalue weighted by Gasteiger charge is -2.24. The van der Waals surface area contributed by atoms with Gasteiger partial charge in [0.25, 0.3) is 0 Å². The van der Waals surface area contributed by atoms with Crippen molar-refractivity contribution in [3.8, 4) is 0 Å². The van der Waals surface area contributed by atoms with Crippen molar-refractivity contribution in [1.82, 2.24) is 5.32 Å². The molecule has 0 aromatic heterocycles. The second-order valence-electron chi connectivity index (χ2n) is 5.90. The first-order valence-electron chi connectivity index (χ1n) is 8.23. The Bertz CT molecular complexity index is 751. The molecule has 2 aromatic rings. The van der Waals surface area contributed by atoms with E-state index in [4.69, 9.17) is 0 Å². The number of likely N-dealkylation sites (N-methyl/N-ethyl adjacent to an activating group) is 1. The number of hydrogen-bond donors (Lipinski definition) is 2. The molecule has 1 atom stereocenters. The van der Waals surface area contributed by atoms with Gasteiger partial charge in [0.2, 0.25) is 11.8 Å². The fourth-order valence-electron chi connectivity index (χ4n) is 2.64. The zero-order valence-corrected chi connectivity index (χ0v) is 14.9. The molecule has 0 fully saturated rings. The summed E-state index contributed by atoms with van der Waals surface area (Å²) in [7, 11) is 1.99. The molecule has 0 saturated heterocycles. The number of nitrogens with zero attached hydrogens (tertiary/aromatic N) is 1. The molecule has 0 spiro atoms. The van der Waals surface area contributed by atoms with E-state index in [2.05, 4.69) is 15.5 Å². The average molecular weight is 355 g/mol. The third-order valence-corrected chi connectivity index (χ3v) is 5.32. The molecule has 25 heavy (non-hydrogen) atoms. The third kappa shape index (κ3) is 4.54. The molecule has 5 nitrogen and oxygen atoms in total. The fraction of sp³-hybridized carbons (Fsp3) is 0.263. The Balaban J connectivity index is 1.46. The Kier molecular flexibility index (Phi) is 5.60. The van der Waals surface area contributed by atoms with Gasteiger partial charge in [-0.15, -0.1) is 11.8 Å². The molecule has 2 aromatic carbocycles. The van der Waals surface area contributed by atoms with Gasteiger partial charge in [0.1, 0.15) is 0 Å². The van der Waals surface area contributed by atoms with Crippen LogP contribution in [0.3, 0.4) is 0 Å². The van der Waals surface area contributed by atoms with Crippen molar-refractivity contribution in [3.05, 3.63) is 54.6 Å². The highest BCUT2D eigenvalue weighted by Gasteiger charge is 2.28. The van der Waals surface area contributed by atoms with Crippen molar-refractivity contribution in [3.63, 3.8) is 0 Å². The van der Waals surface area contributed by atoms with Gasteiger partial charge in [0.15, 0.2) is 0 Å². The molecule has 1 unspecified atom stereocenters. The highest BCUT2D eigenvalue weighted by Crippen LogP contribution is 2.36. The Morgan fingerprint density at radius 1 is 1.16 bits per heavy atom. The summed E-state index contributed by atoms with van der Waals surface area (Å²) in [5.74, 6) is -0.214. The topological polar surface area (TPSA) is 61.4 Å². The van der Waals surface area contributed by atoms with E-state index in [0.717, 1.165) is 16.3 Å². The Morgan fingerprint density at radius 3 is 2.68 bits per heavy atom. The van der Waals surface area contributed by atoms with Crippen LogP contribution in [0.5, 0.6) is 0 Å². The normalized spacial score (nSPS) is 15.9. The highest BCUT2D eigenvalue weighted by molar-refractivity contribution is 8.01. The monoisotopic (exact) mass is 355 g/mol. The van der Waals surface area contributed by atoms with Crippen molar-refractivity contribution < 1.29 is 9.59 Å². The zero-order chi connectivity index (χ0) is 17.6. The van der Waals surface area contributed by atoms with Gasteiger partial charge in [-0.05, 0) is 24.3 Å². The van der Waals surface area contributed by atoms with Gasteiger partial charge < -0.3 is 15.5 Å². The summed E-state index contributed by atoms with van der Waals surface area (Å²) in [5.41, 5.74) is 1.93. The molecule has 0 saturated carbocycles. The number of rotatable bonds is 6. The molecule has 1 aliphatic rings. The van der Waals surface area contributed by atoms with E-state index in [1.165, 1.54) is 11.8 Å². The van der Waals surface area contributed by atoms with Gasteiger partial charge in [-0.25, -0.2) is 0 Å². The van der Waals surface area contributed by atoms with E-state index >= 15 is 0 Å². The van der Waals surface area contributed by atoms with Crippen LogP contribution in [-0.4, -0.2) is 37.2 Å². The van der Waals surface area contributed by atoms with E-state index < -0.39 is 0 Å². The molecule has 0 radical (unpaired) electrons. The summed E-state index contributed by atoms with van der Waals surface area (Å²) < 4.78 is 0. The van der Waals surface area contributed by atoms with Crippen LogP contribution in [0.15, 0.2) is 59.5 Å². The number of carbonyl (C=O) groups excluding carboxylic acids is 2. The van der Waals surface area contributed by atoms with E-state index in [1.807, 2.05) is 61.6 Å². The summed E-state index contributed by atoms with van der Waals surface area (Å²) in [6, 6.07) is 17.7. The Labute approximate surface area is 151 Å². The van der Waals surface area contributed by atoms with E-state index in [1.54, 1.807) is 0 Å². The fourth-order valence-corrected chi connectivity index (χ4v) is 3.75. The lowest BCUT2D eigenvalue weighted by atomic mass is 10.2. The highest BCUT2D eigenvalue weighted by atomic mass is 32.2. The number of amides is 2. The standard InChI is InChI=1S/C19H21N3O2S/c1-22(14-7-3-2-4-8-14)12-11-20-18(23)13-17-19(24)21-15-9-5-6-10-16(15)25-17/h2-10,17H,11-13H2,1H3,(H,20,23)(H,21,24). The number of para-hydroxylation sites is 2. The first kappa shape index (κ1) is 17.4. The molecule has 130 valence electrons. The predicted octanol–water partition coefficient (Wildman–Crippen LogP) is 2.74. The minimum absolute atomic E-state index is 0.103. The van der Waals surface area contributed by atoms with Gasteiger partial charge in [-0.1, -0.05) is 30.3 Å². The minimum Gasteiger partial charge on any atom is -0.373 e. The molecule has 0 bridgehead atoms. The van der Waals surface area contributed by atoms with Gasteiger partial charge in [-0.2, -0.15) is 0 Å². The maximum atomic E-state index is 12.2. The van der Waals surface area contributed by atoms with Crippen LogP contribution in [0.4, 0.5) is 11.4 Å². The van der Waals surface area contributed by atoms with Crippen LogP contribution in [-0.2, 0) is 9.59 Å². The Morgan fingerprint density at radius 2 is 1.88 bits per heavy atom. The first-order valence-corrected chi connectivity index (χ1v) is 9.11. The van der Waals surface area contributed by atoms with Gasteiger partial charge >= 0.3 is 0 Å². The third-order valence-electron chi connectivity index (χ3n) is 4.04. The largest absolute Gasteiger partial charge is 0.373 e. The predicted molar refractivity (Wildman–Crippen MR) is 102 cm³/mol. The molecular formula is C19H21N3O2S. The number of benzene rings is 2. The van der Waals surface area contributed by atoms with Crippen LogP contribution in [0, 0.1) is 0 Å². The number of carbonyl (C=O) groups is 2. The number of anilines is 2. The zero-order valence-electron chi connectivity index (χ0n) is 14.1. The van der Waals surface area contributed by atoms with Crippen molar-refractivity contribution in [2.75, 3.05) is 30.4 Å². The molecule has 0 aliphatic carbocycles. The van der Waals surface area contributed by atoms with E-state index in [-0.39, 0.29) is 23.5 Å².